The zero-order valence-electron chi connectivity index (χ0n) is 17.4. The zero-order valence-corrected chi connectivity index (χ0v) is 17.4. The van der Waals surface area contributed by atoms with Crippen LogP contribution in [0.3, 0.4) is 0 Å². The van der Waals surface area contributed by atoms with Gasteiger partial charge in [-0.05, 0) is 63.4 Å². The molecule has 1 unspecified atom stereocenters. The van der Waals surface area contributed by atoms with E-state index in [4.69, 9.17) is 9.47 Å². The van der Waals surface area contributed by atoms with Gasteiger partial charge in [0.25, 0.3) is 11.8 Å². The molecule has 2 N–H and O–H groups in total. The Morgan fingerprint density at radius 3 is 2.45 bits per heavy atom. The van der Waals surface area contributed by atoms with Crippen LogP contribution in [-0.4, -0.2) is 67.0 Å². The van der Waals surface area contributed by atoms with E-state index < -0.39 is 29.7 Å². The van der Waals surface area contributed by atoms with E-state index in [0.717, 1.165) is 43.7 Å². The van der Waals surface area contributed by atoms with Crippen LogP contribution in [0.5, 0.6) is 5.75 Å². The van der Waals surface area contributed by atoms with E-state index in [9.17, 15) is 19.2 Å². The van der Waals surface area contributed by atoms with Crippen molar-refractivity contribution in [2.24, 2.45) is 0 Å². The minimum Gasteiger partial charge on any atom is -0.494 e. The maximum absolute atomic E-state index is 12.8. The highest BCUT2D eigenvalue weighted by Gasteiger charge is 2.44. The van der Waals surface area contributed by atoms with Crippen LogP contribution in [0.1, 0.15) is 59.2 Å². The standard InChI is InChI=1S/C22H27N3O6/c26-19-6-5-18(20(27)24-19)25-21(28)16-4-3-15(13-17(16)22(25)29)31-12-2-1-11-30-14-7-9-23-10-8-14/h3-4,13-14,18,23H,1-2,5-12H2,(H,24,26,27). The fourth-order valence-electron chi connectivity index (χ4n) is 4.15. The zero-order chi connectivity index (χ0) is 21.8. The van der Waals surface area contributed by atoms with Crippen molar-refractivity contribution in [3.63, 3.8) is 0 Å². The lowest BCUT2D eigenvalue weighted by molar-refractivity contribution is -0.136. The van der Waals surface area contributed by atoms with Crippen LogP contribution in [0.25, 0.3) is 0 Å². The number of carbonyl (C=O) groups is 4. The largest absolute Gasteiger partial charge is 0.494 e. The van der Waals surface area contributed by atoms with Crippen LogP contribution < -0.4 is 15.4 Å². The molecule has 0 radical (unpaired) electrons. The molecule has 0 saturated carbocycles. The Morgan fingerprint density at radius 2 is 1.68 bits per heavy atom. The average molecular weight is 429 g/mol. The van der Waals surface area contributed by atoms with E-state index in [0.29, 0.717) is 25.1 Å². The molecule has 1 atom stereocenters. The van der Waals surface area contributed by atoms with E-state index in [1.165, 1.54) is 0 Å². The second-order valence-corrected chi connectivity index (χ2v) is 8.03. The van der Waals surface area contributed by atoms with Crippen molar-refractivity contribution >= 4 is 23.6 Å². The molecule has 3 aliphatic rings. The van der Waals surface area contributed by atoms with Crippen LogP contribution >= 0.6 is 0 Å². The van der Waals surface area contributed by atoms with Crippen LogP contribution in [0.2, 0.25) is 0 Å². The minimum atomic E-state index is -0.964. The lowest BCUT2D eigenvalue weighted by Crippen LogP contribution is -2.54. The third kappa shape index (κ3) is 4.77. The molecule has 0 bridgehead atoms. The number of hydrogen-bond donors (Lipinski definition) is 2. The number of amides is 4. The van der Waals surface area contributed by atoms with Gasteiger partial charge in [-0.2, -0.15) is 0 Å². The Hall–Kier alpha value is -2.78. The Bertz CT molecular complexity index is 880. The number of imide groups is 2. The van der Waals surface area contributed by atoms with Gasteiger partial charge in [0.1, 0.15) is 11.8 Å². The monoisotopic (exact) mass is 429 g/mol. The van der Waals surface area contributed by atoms with Crippen molar-refractivity contribution in [2.75, 3.05) is 26.3 Å². The highest BCUT2D eigenvalue weighted by Crippen LogP contribution is 2.30. The number of nitrogens with one attached hydrogen (secondary N) is 2. The van der Waals surface area contributed by atoms with Gasteiger partial charge in [0.05, 0.1) is 23.8 Å². The summed E-state index contributed by atoms with van der Waals surface area (Å²) in [4.78, 5) is 49.9. The van der Waals surface area contributed by atoms with E-state index >= 15 is 0 Å². The average Bonchev–Trinajstić information content (AvgIpc) is 3.01. The molecular weight excluding hydrogens is 402 g/mol. The molecule has 31 heavy (non-hydrogen) atoms. The summed E-state index contributed by atoms with van der Waals surface area (Å²) in [5, 5.41) is 5.50. The first kappa shape index (κ1) is 21.5. The molecule has 4 amide bonds. The molecule has 9 nitrogen and oxygen atoms in total. The Labute approximate surface area is 180 Å². The normalized spacial score (nSPS) is 21.9. The highest BCUT2D eigenvalue weighted by molar-refractivity contribution is 6.23. The molecule has 9 heteroatoms. The summed E-state index contributed by atoms with van der Waals surface area (Å²) in [5.41, 5.74) is 0.471. The van der Waals surface area contributed by atoms with E-state index in [1.807, 2.05) is 0 Å². The van der Waals surface area contributed by atoms with Crippen molar-refractivity contribution < 1.29 is 28.7 Å². The van der Waals surface area contributed by atoms with Gasteiger partial charge in [0, 0.05) is 13.0 Å². The number of fused-ring (bicyclic) bond motifs is 1. The first-order valence-corrected chi connectivity index (χ1v) is 10.9. The van der Waals surface area contributed by atoms with Crippen molar-refractivity contribution in [1.29, 1.82) is 0 Å². The van der Waals surface area contributed by atoms with Gasteiger partial charge in [0.15, 0.2) is 0 Å². The van der Waals surface area contributed by atoms with Gasteiger partial charge < -0.3 is 14.8 Å². The molecule has 3 heterocycles. The van der Waals surface area contributed by atoms with E-state index in [-0.39, 0.29) is 24.0 Å². The lowest BCUT2D eigenvalue weighted by atomic mass is 10.0. The topological polar surface area (TPSA) is 114 Å². The van der Waals surface area contributed by atoms with Crippen LogP contribution in [0, 0.1) is 0 Å². The van der Waals surface area contributed by atoms with Crippen molar-refractivity contribution in [3.05, 3.63) is 29.3 Å². The highest BCUT2D eigenvalue weighted by atomic mass is 16.5. The molecule has 166 valence electrons. The Balaban J connectivity index is 1.28. The maximum atomic E-state index is 12.8. The smallest absolute Gasteiger partial charge is 0.262 e. The van der Waals surface area contributed by atoms with E-state index in [1.54, 1.807) is 18.2 Å². The number of hydrogen-bond acceptors (Lipinski definition) is 7. The molecule has 0 spiro atoms. The third-order valence-electron chi connectivity index (χ3n) is 5.86. The van der Waals surface area contributed by atoms with Crippen LogP contribution in [0.4, 0.5) is 0 Å². The van der Waals surface area contributed by atoms with Crippen molar-refractivity contribution in [1.82, 2.24) is 15.5 Å². The summed E-state index contributed by atoms with van der Waals surface area (Å²) in [5.74, 6) is -1.56. The van der Waals surface area contributed by atoms with Crippen LogP contribution in [-0.2, 0) is 14.3 Å². The van der Waals surface area contributed by atoms with Crippen LogP contribution in [0.15, 0.2) is 18.2 Å². The summed E-state index contributed by atoms with van der Waals surface area (Å²) in [6.45, 7) is 3.20. The summed E-state index contributed by atoms with van der Waals surface area (Å²) in [6.07, 6.45) is 4.38. The van der Waals surface area contributed by atoms with Gasteiger partial charge in [0.2, 0.25) is 11.8 Å². The summed E-state index contributed by atoms with van der Waals surface area (Å²) in [6, 6.07) is 3.79. The Kier molecular flexibility index (Phi) is 6.62. The molecule has 4 rings (SSSR count). The number of unbranched alkanes of at least 4 members (excludes halogenated alkanes) is 1. The molecule has 0 aliphatic carbocycles. The fraction of sp³-hybridized carbons (Fsp3) is 0.545. The molecule has 3 aliphatic heterocycles. The SMILES string of the molecule is O=C1CCC(N2C(=O)c3ccc(OCCCCOC4CCNCC4)cc3C2=O)C(=O)N1. The van der Waals surface area contributed by atoms with Crippen molar-refractivity contribution in [3.8, 4) is 5.75 Å². The molecular formula is C22H27N3O6. The number of carbonyl (C=O) groups excluding carboxylic acids is 4. The quantitative estimate of drug-likeness (QED) is 0.468. The number of rotatable bonds is 8. The second-order valence-electron chi connectivity index (χ2n) is 8.03. The lowest BCUT2D eigenvalue weighted by Gasteiger charge is -2.27. The third-order valence-corrected chi connectivity index (χ3v) is 5.86. The molecule has 1 aromatic carbocycles. The predicted octanol–water partition coefficient (Wildman–Crippen LogP) is 1.02. The molecule has 2 fully saturated rings. The summed E-state index contributed by atoms with van der Waals surface area (Å²) < 4.78 is 11.6. The number of ether oxygens (including phenoxy) is 2. The summed E-state index contributed by atoms with van der Waals surface area (Å²) >= 11 is 0. The Morgan fingerprint density at radius 1 is 0.935 bits per heavy atom. The molecule has 1 aromatic rings. The number of nitrogens with zero attached hydrogens (tertiary/aromatic N) is 1. The second kappa shape index (κ2) is 9.57. The first-order valence-electron chi connectivity index (χ1n) is 10.9. The maximum Gasteiger partial charge on any atom is 0.262 e. The molecule has 2 saturated heterocycles. The predicted molar refractivity (Wildman–Crippen MR) is 110 cm³/mol. The van der Waals surface area contributed by atoms with E-state index in [2.05, 4.69) is 10.6 Å². The number of piperidine rings is 2. The van der Waals surface area contributed by atoms with Gasteiger partial charge in [-0.1, -0.05) is 0 Å². The fourth-order valence-corrected chi connectivity index (χ4v) is 4.15. The first-order chi connectivity index (χ1) is 15.0. The van der Waals surface area contributed by atoms with Gasteiger partial charge >= 0.3 is 0 Å². The number of benzene rings is 1. The minimum absolute atomic E-state index is 0.0967. The van der Waals surface area contributed by atoms with Crippen molar-refractivity contribution in [2.45, 2.75) is 50.7 Å². The summed E-state index contributed by atoms with van der Waals surface area (Å²) in [7, 11) is 0. The van der Waals surface area contributed by atoms with Gasteiger partial charge in [-0.25, -0.2) is 0 Å². The molecule has 0 aromatic heterocycles. The van der Waals surface area contributed by atoms with Gasteiger partial charge in [-0.15, -0.1) is 0 Å². The van der Waals surface area contributed by atoms with Gasteiger partial charge in [-0.3, -0.25) is 29.4 Å².